The second kappa shape index (κ2) is 4.44. The molecular weight excluding hydrogens is 235 g/mol. The fourth-order valence-corrected chi connectivity index (χ4v) is 2.85. The summed E-state index contributed by atoms with van der Waals surface area (Å²) in [5.74, 6) is -0.658. The summed E-state index contributed by atoms with van der Waals surface area (Å²) in [5.41, 5.74) is 0. The third-order valence-electron chi connectivity index (χ3n) is 2.29. The van der Waals surface area contributed by atoms with Gasteiger partial charge in [-0.25, -0.2) is 12.8 Å². The number of hydrogen-bond acceptors (Lipinski definition) is 4. The van der Waals surface area contributed by atoms with E-state index in [1.165, 1.54) is 4.31 Å². The molecule has 16 heavy (non-hydrogen) atoms. The van der Waals surface area contributed by atoms with Crippen molar-refractivity contribution < 1.29 is 17.5 Å². The van der Waals surface area contributed by atoms with E-state index in [0.29, 0.717) is 26.3 Å². The molecule has 5 nitrogen and oxygen atoms in total. The van der Waals surface area contributed by atoms with E-state index in [1.807, 2.05) is 0 Å². The van der Waals surface area contributed by atoms with Crippen LogP contribution in [-0.4, -0.2) is 44.0 Å². The number of aromatic nitrogens is 1. The van der Waals surface area contributed by atoms with Crippen LogP contribution in [-0.2, 0) is 14.8 Å². The van der Waals surface area contributed by atoms with Crippen molar-refractivity contribution in [1.82, 2.24) is 9.29 Å². The Kier molecular flexibility index (Phi) is 3.17. The highest BCUT2D eigenvalue weighted by atomic mass is 32.2. The predicted octanol–water partition coefficient (Wildman–Crippen LogP) is 0.242. The van der Waals surface area contributed by atoms with E-state index in [9.17, 15) is 12.8 Å². The molecule has 0 bridgehead atoms. The standard InChI is InChI=1S/C9H11FN2O3S/c10-8-5-9(7-11-6-8)16(13,14)12-1-3-15-4-2-12/h5-7H,1-4H2. The van der Waals surface area contributed by atoms with E-state index in [4.69, 9.17) is 4.74 Å². The zero-order valence-electron chi connectivity index (χ0n) is 8.47. The summed E-state index contributed by atoms with van der Waals surface area (Å²) in [6.45, 7) is 1.31. The molecule has 0 aliphatic carbocycles. The Balaban J connectivity index is 2.30. The van der Waals surface area contributed by atoms with E-state index in [0.717, 1.165) is 18.5 Å². The molecule has 2 heterocycles. The van der Waals surface area contributed by atoms with Crippen molar-refractivity contribution in [3.8, 4) is 0 Å². The van der Waals surface area contributed by atoms with Crippen LogP contribution < -0.4 is 0 Å². The van der Waals surface area contributed by atoms with Gasteiger partial charge in [0.2, 0.25) is 10.0 Å². The molecule has 0 unspecified atom stereocenters. The second-order valence-electron chi connectivity index (χ2n) is 3.36. The molecule has 1 aromatic rings. The number of sulfonamides is 1. The summed E-state index contributed by atoms with van der Waals surface area (Å²) in [6, 6.07) is 0.970. The first-order valence-electron chi connectivity index (χ1n) is 4.79. The molecule has 0 radical (unpaired) electrons. The summed E-state index contributed by atoms with van der Waals surface area (Å²) in [7, 11) is -3.63. The third kappa shape index (κ3) is 2.21. The van der Waals surface area contributed by atoms with Crippen LogP contribution in [0.2, 0.25) is 0 Å². The number of morpholine rings is 1. The zero-order valence-corrected chi connectivity index (χ0v) is 9.28. The first-order valence-corrected chi connectivity index (χ1v) is 6.23. The van der Waals surface area contributed by atoms with Gasteiger partial charge >= 0.3 is 0 Å². The van der Waals surface area contributed by atoms with Crippen molar-refractivity contribution in [1.29, 1.82) is 0 Å². The highest BCUT2D eigenvalue weighted by Crippen LogP contribution is 2.16. The predicted molar refractivity (Wildman–Crippen MR) is 53.8 cm³/mol. The molecule has 0 amide bonds. The molecule has 1 saturated heterocycles. The minimum Gasteiger partial charge on any atom is -0.379 e. The summed E-state index contributed by atoms with van der Waals surface area (Å²) in [5, 5.41) is 0. The third-order valence-corrected chi connectivity index (χ3v) is 4.15. The number of halogens is 1. The molecule has 0 aromatic carbocycles. The molecule has 0 spiro atoms. The number of ether oxygens (including phenoxy) is 1. The quantitative estimate of drug-likeness (QED) is 0.750. The van der Waals surface area contributed by atoms with Crippen LogP contribution in [0.5, 0.6) is 0 Å². The summed E-state index contributed by atoms with van der Waals surface area (Å²) < 4.78 is 43.2. The molecule has 1 aromatic heterocycles. The van der Waals surface area contributed by atoms with Crippen LogP contribution >= 0.6 is 0 Å². The van der Waals surface area contributed by atoms with E-state index >= 15 is 0 Å². The summed E-state index contributed by atoms with van der Waals surface area (Å²) >= 11 is 0. The lowest BCUT2D eigenvalue weighted by Gasteiger charge is -2.25. The monoisotopic (exact) mass is 246 g/mol. The Morgan fingerprint density at radius 2 is 2.00 bits per heavy atom. The van der Waals surface area contributed by atoms with Gasteiger partial charge in [-0.2, -0.15) is 4.31 Å². The van der Waals surface area contributed by atoms with Gasteiger partial charge in [-0.3, -0.25) is 4.98 Å². The molecular formula is C9H11FN2O3S. The van der Waals surface area contributed by atoms with E-state index in [1.54, 1.807) is 0 Å². The topological polar surface area (TPSA) is 59.5 Å². The molecule has 2 rings (SSSR count). The minimum atomic E-state index is -3.63. The van der Waals surface area contributed by atoms with Crippen LogP contribution in [0.3, 0.4) is 0 Å². The van der Waals surface area contributed by atoms with Crippen LogP contribution in [0.4, 0.5) is 4.39 Å². The van der Waals surface area contributed by atoms with Gasteiger partial charge in [-0.15, -0.1) is 0 Å². The van der Waals surface area contributed by atoms with Gasteiger partial charge in [0.05, 0.1) is 19.4 Å². The zero-order chi connectivity index (χ0) is 11.6. The van der Waals surface area contributed by atoms with E-state index in [2.05, 4.69) is 4.98 Å². The number of rotatable bonds is 2. The number of hydrogen-bond donors (Lipinski definition) is 0. The highest BCUT2D eigenvalue weighted by Gasteiger charge is 2.26. The number of pyridine rings is 1. The van der Waals surface area contributed by atoms with Gasteiger partial charge < -0.3 is 4.74 Å². The van der Waals surface area contributed by atoms with Gasteiger partial charge in [0.15, 0.2) is 0 Å². The fourth-order valence-electron chi connectivity index (χ4n) is 1.47. The molecule has 0 atom stereocenters. The molecule has 0 saturated carbocycles. The molecule has 7 heteroatoms. The Hall–Kier alpha value is -1.05. The highest BCUT2D eigenvalue weighted by molar-refractivity contribution is 7.89. The molecule has 1 fully saturated rings. The van der Waals surface area contributed by atoms with Gasteiger partial charge in [-0.05, 0) is 6.07 Å². The SMILES string of the molecule is O=S(=O)(c1cncc(F)c1)N1CCOCC1. The van der Waals surface area contributed by atoms with Gasteiger partial charge in [0.25, 0.3) is 0 Å². The maximum atomic E-state index is 12.9. The van der Waals surface area contributed by atoms with Crippen molar-refractivity contribution in [2.75, 3.05) is 26.3 Å². The van der Waals surface area contributed by atoms with Crippen LogP contribution in [0.1, 0.15) is 0 Å². The normalized spacial score (nSPS) is 18.6. The van der Waals surface area contributed by atoms with Crippen LogP contribution in [0, 0.1) is 5.82 Å². The van der Waals surface area contributed by atoms with E-state index < -0.39 is 15.8 Å². The second-order valence-corrected chi connectivity index (χ2v) is 5.29. The largest absolute Gasteiger partial charge is 0.379 e. The van der Waals surface area contributed by atoms with Crippen LogP contribution in [0.25, 0.3) is 0 Å². The van der Waals surface area contributed by atoms with Crippen molar-refractivity contribution >= 4 is 10.0 Å². The average molecular weight is 246 g/mol. The lowest BCUT2D eigenvalue weighted by molar-refractivity contribution is 0.0730. The van der Waals surface area contributed by atoms with Gasteiger partial charge in [-0.1, -0.05) is 0 Å². The minimum absolute atomic E-state index is 0.116. The first-order chi connectivity index (χ1) is 7.60. The average Bonchev–Trinajstić information content (AvgIpc) is 2.30. The molecule has 0 N–H and O–H groups in total. The molecule has 1 aliphatic rings. The smallest absolute Gasteiger partial charge is 0.244 e. The van der Waals surface area contributed by atoms with Crippen molar-refractivity contribution in [3.05, 3.63) is 24.3 Å². The lowest BCUT2D eigenvalue weighted by atomic mass is 10.5. The Bertz CT molecular complexity index is 471. The number of nitrogens with zero attached hydrogens (tertiary/aromatic N) is 2. The van der Waals surface area contributed by atoms with Gasteiger partial charge in [0, 0.05) is 19.3 Å². The van der Waals surface area contributed by atoms with Crippen molar-refractivity contribution in [2.24, 2.45) is 0 Å². The first kappa shape index (κ1) is 11.4. The van der Waals surface area contributed by atoms with Crippen molar-refractivity contribution in [3.63, 3.8) is 0 Å². The Morgan fingerprint density at radius 1 is 1.31 bits per heavy atom. The van der Waals surface area contributed by atoms with E-state index in [-0.39, 0.29) is 4.90 Å². The Morgan fingerprint density at radius 3 is 2.62 bits per heavy atom. The summed E-state index contributed by atoms with van der Waals surface area (Å²) in [6.07, 6.45) is 2.12. The maximum Gasteiger partial charge on any atom is 0.244 e. The summed E-state index contributed by atoms with van der Waals surface area (Å²) in [4.78, 5) is 3.42. The Labute approximate surface area is 92.9 Å². The molecule has 1 aliphatic heterocycles. The van der Waals surface area contributed by atoms with Gasteiger partial charge in [0.1, 0.15) is 10.7 Å². The molecule has 88 valence electrons. The lowest BCUT2D eigenvalue weighted by Crippen LogP contribution is -2.40. The van der Waals surface area contributed by atoms with Crippen molar-refractivity contribution in [2.45, 2.75) is 4.90 Å². The van der Waals surface area contributed by atoms with Crippen LogP contribution in [0.15, 0.2) is 23.4 Å². The fraction of sp³-hybridized carbons (Fsp3) is 0.444. The maximum absolute atomic E-state index is 12.9.